The lowest BCUT2D eigenvalue weighted by Gasteiger charge is -2.00. The highest BCUT2D eigenvalue weighted by Gasteiger charge is 1.94. The summed E-state index contributed by atoms with van der Waals surface area (Å²) in [5, 5.41) is 3.36. The first kappa shape index (κ1) is 11.6. The Kier molecular flexibility index (Phi) is 4.72. The van der Waals surface area contributed by atoms with Crippen LogP contribution in [-0.2, 0) is 0 Å². The number of amides is 2. The molecule has 2 amide bonds. The van der Waals surface area contributed by atoms with Crippen LogP contribution in [0.25, 0.3) is 0 Å². The van der Waals surface area contributed by atoms with Gasteiger partial charge < -0.3 is 11.1 Å². The molecule has 4 heteroatoms. The predicted octanol–water partition coefficient (Wildman–Crippen LogP) is 2.31. The molecule has 0 aliphatic rings. The molecule has 1 aromatic carbocycles. The molecule has 0 aromatic heterocycles. The minimum Gasteiger partial charge on any atom is -0.351 e. The molecule has 0 spiro atoms. The number of carbonyl (C=O) groups is 1. The Hall–Kier alpha value is -1.47. The molecule has 0 aliphatic heterocycles. The van der Waals surface area contributed by atoms with E-state index in [1.807, 2.05) is 12.1 Å². The van der Waals surface area contributed by atoms with Crippen molar-refractivity contribution in [2.75, 3.05) is 10.6 Å². The van der Waals surface area contributed by atoms with E-state index in [0.29, 0.717) is 5.69 Å². The van der Waals surface area contributed by atoms with Crippen molar-refractivity contribution in [1.29, 1.82) is 0 Å². The van der Waals surface area contributed by atoms with Gasteiger partial charge in [-0.15, -0.1) is 0 Å². The minimum absolute atomic E-state index is 0.562. The van der Waals surface area contributed by atoms with Crippen molar-refractivity contribution in [3.8, 4) is 11.8 Å². The summed E-state index contributed by atoms with van der Waals surface area (Å²) in [6, 6.07) is 6.65. The SMILES string of the molecule is NC(=O)Nc1ccc(C#CCCBr)cc1. The van der Waals surface area contributed by atoms with Gasteiger partial charge in [0.1, 0.15) is 0 Å². The summed E-state index contributed by atoms with van der Waals surface area (Å²) in [5.74, 6) is 6.00. The van der Waals surface area contributed by atoms with Crippen LogP contribution in [0.3, 0.4) is 0 Å². The van der Waals surface area contributed by atoms with Crippen LogP contribution < -0.4 is 11.1 Å². The number of anilines is 1. The first-order valence-corrected chi connectivity index (χ1v) is 5.56. The third kappa shape index (κ3) is 4.52. The fourth-order valence-corrected chi connectivity index (χ4v) is 1.19. The van der Waals surface area contributed by atoms with Crippen molar-refractivity contribution in [2.24, 2.45) is 5.73 Å². The van der Waals surface area contributed by atoms with Gasteiger partial charge in [0.2, 0.25) is 0 Å². The lowest BCUT2D eigenvalue weighted by Crippen LogP contribution is -2.19. The van der Waals surface area contributed by atoms with Crippen molar-refractivity contribution in [3.05, 3.63) is 29.8 Å². The second-order valence-electron chi connectivity index (χ2n) is 2.81. The van der Waals surface area contributed by atoms with E-state index in [0.717, 1.165) is 17.3 Å². The molecule has 3 N–H and O–H groups in total. The van der Waals surface area contributed by atoms with Gasteiger partial charge in [0, 0.05) is 23.0 Å². The number of alkyl halides is 1. The molecular formula is C11H11BrN2O. The maximum atomic E-state index is 10.5. The highest BCUT2D eigenvalue weighted by Crippen LogP contribution is 2.08. The first-order chi connectivity index (χ1) is 7.22. The van der Waals surface area contributed by atoms with Gasteiger partial charge in [-0.2, -0.15) is 0 Å². The molecule has 0 unspecified atom stereocenters. The molecule has 0 saturated carbocycles. The van der Waals surface area contributed by atoms with E-state index in [9.17, 15) is 4.79 Å². The van der Waals surface area contributed by atoms with Crippen LogP contribution in [0.4, 0.5) is 10.5 Å². The van der Waals surface area contributed by atoms with Crippen LogP contribution in [-0.4, -0.2) is 11.4 Å². The summed E-state index contributed by atoms with van der Waals surface area (Å²) in [6.45, 7) is 0. The maximum absolute atomic E-state index is 10.5. The quantitative estimate of drug-likeness (QED) is 0.627. The van der Waals surface area contributed by atoms with E-state index >= 15 is 0 Å². The average molecular weight is 267 g/mol. The lowest BCUT2D eigenvalue weighted by atomic mass is 10.2. The number of halogens is 1. The molecule has 15 heavy (non-hydrogen) atoms. The Morgan fingerprint density at radius 2 is 2.07 bits per heavy atom. The minimum atomic E-state index is -0.562. The predicted molar refractivity (Wildman–Crippen MR) is 64.9 cm³/mol. The Balaban J connectivity index is 2.65. The van der Waals surface area contributed by atoms with Gasteiger partial charge in [0.25, 0.3) is 0 Å². The third-order valence-corrected chi connectivity index (χ3v) is 2.00. The van der Waals surface area contributed by atoms with E-state index in [4.69, 9.17) is 5.73 Å². The second-order valence-corrected chi connectivity index (χ2v) is 3.60. The van der Waals surface area contributed by atoms with E-state index in [2.05, 4.69) is 33.1 Å². The number of rotatable bonds is 2. The summed E-state index contributed by atoms with van der Waals surface area (Å²) < 4.78 is 0. The topological polar surface area (TPSA) is 55.1 Å². The largest absolute Gasteiger partial charge is 0.351 e. The normalized spacial score (nSPS) is 8.87. The molecule has 0 bridgehead atoms. The number of primary amides is 1. The number of hydrogen-bond acceptors (Lipinski definition) is 1. The van der Waals surface area contributed by atoms with Crippen LogP contribution in [0.1, 0.15) is 12.0 Å². The standard InChI is InChI=1S/C11H11BrN2O/c12-8-2-1-3-9-4-6-10(7-5-9)14-11(13)15/h4-7H,2,8H2,(H3,13,14,15). The molecule has 1 aromatic rings. The van der Waals surface area contributed by atoms with Gasteiger partial charge in [-0.05, 0) is 24.3 Å². The fourth-order valence-electron chi connectivity index (χ4n) is 0.991. The van der Waals surface area contributed by atoms with Crippen LogP contribution in [0.5, 0.6) is 0 Å². The Morgan fingerprint density at radius 1 is 1.40 bits per heavy atom. The zero-order valence-corrected chi connectivity index (χ0v) is 9.67. The Bertz CT molecular complexity index is 389. The molecule has 0 aliphatic carbocycles. The number of urea groups is 1. The van der Waals surface area contributed by atoms with Gasteiger partial charge in [-0.1, -0.05) is 27.8 Å². The Morgan fingerprint density at radius 3 is 2.60 bits per heavy atom. The number of carbonyl (C=O) groups excluding carboxylic acids is 1. The van der Waals surface area contributed by atoms with Gasteiger partial charge in [0.05, 0.1) is 0 Å². The van der Waals surface area contributed by atoms with Crippen LogP contribution in [0.15, 0.2) is 24.3 Å². The molecule has 0 heterocycles. The summed E-state index contributed by atoms with van der Waals surface area (Å²) in [6.07, 6.45) is 0.821. The third-order valence-electron chi connectivity index (χ3n) is 1.60. The first-order valence-electron chi connectivity index (χ1n) is 4.43. The van der Waals surface area contributed by atoms with E-state index in [1.54, 1.807) is 12.1 Å². The number of hydrogen-bond donors (Lipinski definition) is 2. The molecule has 0 radical (unpaired) electrons. The zero-order valence-electron chi connectivity index (χ0n) is 8.09. The second kappa shape index (κ2) is 6.10. The van der Waals surface area contributed by atoms with Crippen molar-refractivity contribution in [3.63, 3.8) is 0 Å². The number of benzene rings is 1. The highest BCUT2D eigenvalue weighted by atomic mass is 79.9. The van der Waals surface area contributed by atoms with E-state index < -0.39 is 6.03 Å². The van der Waals surface area contributed by atoms with E-state index in [1.165, 1.54) is 0 Å². The van der Waals surface area contributed by atoms with Crippen LogP contribution in [0, 0.1) is 11.8 Å². The van der Waals surface area contributed by atoms with Crippen molar-refractivity contribution in [2.45, 2.75) is 6.42 Å². The maximum Gasteiger partial charge on any atom is 0.316 e. The van der Waals surface area contributed by atoms with Crippen LogP contribution in [0.2, 0.25) is 0 Å². The van der Waals surface area contributed by atoms with Crippen molar-refractivity contribution >= 4 is 27.6 Å². The van der Waals surface area contributed by atoms with Gasteiger partial charge >= 0.3 is 6.03 Å². The highest BCUT2D eigenvalue weighted by molar-refractivity contribution is 9.09. The zero-order chi connectivity index (χ0) is 11.1. The molecule has 3 nitrogen and oxygen atoms in total. The molecule has 78 valence electrons. The molecule has 0 saturated heterocycles. The van der Waals surface area contributed by atoms with Gasteiger partial charge in [-0.3, -0.25) is 0 Å². The lowest BCUT2D eigenvalue weighted by molar-refractivity contribution is 0.259. The van der Waals surface area contributed by atoms with Crippen molar-refractivity contribution in [1.82, 2.24) is 0 Å². The molecular weight excluding hydrogens is 256 g/mol. The number of nitrogens with two attached hydrogens (primary N) is 1. The van der Waals surface area contributed by atoms with Gasteiger partial charge in [-0.25, -0.2) is 4.79 Å². The molecule has 1 rings (SSSR count). The van der Waals surface area contributed by atoms with Gasteiger partial charge in [0.15, 0.2) is 0 Å². The summed E-state index contributed by atoms with van der Waals surface area (Å²) in [4.78, 5) is 10.5. The summed E-state index contributed by atoms with van der Waals surface area (Å²) in [7, 11) is 0. The fraction of sp³-hybridized carbons (Fsp3) is 0.182. The van der Waals surface area contributed by atoms with Crippen LogP contribution >= 0.6 is 15.9 Å². The summed E-state index contributed by atoms with van der Waals surface area (Å²) >= 11 is 3.30. The molecule has 0 fully saturated rings. The van der Waals surface area contributed by atoms with Crippen molar-refractivity contribution < 1.29 is 4.79 Å². The number of nitrogens with one attached hydrogen (secondary N) is 1. The molecule has 0 atom stereocenters. The smallest absolute Gasteiger partial charge is 0.316 e. The van der Waals surface area contributed by atoms with E-state index in [-0.39, 0.29) is 0 Å². The monoisotopic (exact) mass is 266 g/mol. The summed E-state index contributed by atoms with van der Waals surface area (Å²) in [5.41, 5.74) is 6.57. The Labute approximate surface area is 97.2 Å². The average Bonchev–Trinajstić information content (AvgIpc) is 2.20.